The van der Waals surface area contributed by atoms with E-state index in [2.05, 4.69) is 47.9 Å². The van der Waals surface area contributed by atoms with Crippen LogP contribution in [0.15, 0.2) is 24.3 Å². The molecule has 1 aliphatic heterocycles. The third-order valence-electron chi connectivity index (χ3n) is 6.09. The second-order valence-electron chi connectivity index (χ2n) is 7.09. The summed E-state index contributed by atoms with van der Waals surface area (Å²) in [5.74, 6) is 0. The second-order valence-corrected chi connectivity index (χ2v) is 7.53. The van der Waals surface area contributed by atoms with E-state index in [-0.39, 0.29) is 5.54 Å². The first-order valence-electron chi connectivity index (χ1n) is 9.52. The fraction of sp³-hybridized carbons (Fsp3) is 0.700. The van der Waals surface area contributed by atoms with E-state index in [0.717, 1.165) is 50.5 Å². The Morgan fingerprint density at radius 3 is 2.21 bits per heavy atom. The molecule has 0 unspecified atom stereocenters. The SMILES string of the molecule is CCN(CC)C1(c2ccc(Cl)cc2)CCC(N2CCOCC2)CC1. The lowest BCUT2D eigenvalue weighted by molar-refractivity contribution is -0.0189. The Bertz CT molecular complexity index is 501. The summed E-state index contributed by atoms with van der Waals surface area (Å²) >= 11 is 6.14. The molecular weight excluding hydrogens is 320 g/mol. The van der Waals surface area contributed by atoms with Gasteiger partial charge in [0, 0.05) is 29.7 Å². The van der Waals surface area contributed by atoms with Crippen molar-refractivity contribution in [1.82, 2.24) is 9.80 Å². The van der Waals surface area contributed by atoms with Gasteiger partial charge >= 0.3 is 0 Å². The fourth-order valence-electron chi connectivity index (χ4n) is 4.76. The highest BCUT2D eigenvalue weighted by molar-refractivity contribution is 6.30. The van der Waals surface area contributed by atoms with Crippen LogP contribution in [0.4, 0.5) is 0 Å². The lowest BCUT2D eigenvalue weighted by Gasteiger charge is -2.50. The Balaban J connectivity index is 1.78. The molecule has 0 radical (unpaired) electrons. The number of benzene rings is 1. The van der Waals surface area contributed by atoms with Gasteiger partial charge in [-0.05, 0) is 56.5 Å². The molecule has 2 fully saturated rings. The van der Waals surface area contributed by atoms with Gasteiger partial charge in [0.25, 0.3) is 0 Å². The summed E-state index contributed by atoms with van der Waals surface area (Å²) < 4.78 is 5.52. The topological polar surface area (TPSA) is 15.7 Å². The van der Waals surface area contributed by atoms with Gasteiger partial charge < -0.3 is 4.74 Å². The van der Waals surface area contributed by atoms with Crippen LogP contribution in [-0.2, 0) is 10.3 Å². The zero-order chi connectivity index (χ0) is 17.0. The third kappa shape index (κ3) is 3.65. The fourth-order valence-corrected chi connectivity index (χ4v) is 4.89. The maximum atomic E-state index is 6.14. The lowest BCUT2D eigenvalue weighted by Crippen LogP contribution is -2.52. The van der Waals surface area contributed by atoms with Crippen LogP contribution < -0.4 is 0 Å². The van der Waals surface area contributed by atoms with Gasteiger partial charge in [0.1, 0.15) is 0 Å². The van der Waals surface area contributed by atoms with Crippen LogP contribution >= 0.6 is 11.6 Å². The van der Waals surface area contributed by atoms with Gasteiger partial charge in [0.2, 0.25) is 0 Å². The van der Waals surface area contributed by atoms with Crippen molar-refractivity contribution >= 4 is 11.6 Å². The Kier molecular flexibility index (Phi) is 6.20. The summed E-state index contributed by atoms with van der Waals surface area (Å²) in [4.78, 5) is 5.31. The maximum absolute atomic E-state index is 6.14. The van der Waals surface area contributed by atoms with Crippen LogP contribution in [0, 0.1) is 0 Å². The van der Waals surface area contributed by atoms with E-state index >= 15 is 0 Å². The number of morpholine rings is 1. The predicted octanol–water partition coefficient (Wildman–Crippen LogP) is 4.15. The molecule has 0 spiro atoms. The number of halogens is 1. The van der Waals surface area contributed by atoms with E-state index in [9.17, 15) is 0 Å². The summed E-state index contributed by atoms with van der Waals surface area (Å²) in [6.45, 7) is 10.8. The van der Waals surface area contributed by atoms with E-state index in [4.69, 9.17) is 16.3 Å². The van der Waals surface area contributed by atoms with Crippen molar-refractivity contribution in [1.29, 1.82) is 0 Å². The van der Waals surface area contributed by atoms with Gasteiger partial charge in [0.15, 0.2) is 0 Å². The first-order valence-corrected chi connectivity index (χ1v) is 9.90. The highest BCUT2D eigenvalue weighted by Gasteiger charge is 2.41. The Labute approximate surface area is 151 Å². The van der Waals surface area contributed by atoms with Crippen LogP contribution in [0.2, 0.25) is 5.02 Å². The molecular formula is C20H31ClN2O. The maximum Gasteiger partial charge on any atom is 0.0594 e. The molecule has 0 N–H and O–H groups in total. The van der Waals surface area contributed by atoms with Gasteiger partial charge in [-0.25, -0.2) is 0 Å². The number of rotatable bonds is 5. The minimum atomic E-state index is 0.177. The average molecular weight is 351 g/mol. The van der Waals surface area contributed by atoms with Gasteiger partial charge in [-0.1, -0.05) is 37.6 Å². The van der Waals surface area contributed by atoms with Gasteiger partial charge in [-0.15, -0.1) is 0 Å². The monoisotopic (exact) mass is 350 g/mol. The molecule has 0 bridgehead atoms. The summed E-state index contributed by atoms with van der Waals surface area (Å²) in [5.41, 5.74) is 1.62. The van der Waals surface area contributed by atoms with Crippen molar-refractivity contribution in [2.24, 2.45) is 0 Å². The standard InChI is InChI=1S/C20H31ClN2O/c1-3-23(4-2)20(17-5-7-18(21)8-6-17)11-9-19(10-12-20)22-13-15-24-16-14-22/h5-8,19H,3-4,9-16H2,1-2H3. The normalized spacial score (nSPS) is 29.1. The minimum Gasteiger partial charge on any atom is -0.379 e. The molecule has 0 amide bonds. The average Bonchev–Trinajstić information content (AvgIpc) is 2.64. The smallest absolute Gasteiger partial charge is 0.0594 e. The molecule has 1 aromatic carbocycles. The van der Waals surface area contributed by atoms with Crippen LogP contribution in [0.5, 0.6) is 0 Å². The molecule has 3 nitrogen and oxygen atoms in total. The van der Waals surface area contributed by atoms with E-state index in [0.29, 0.717) is 0 Å². The van der Waals surface area contributed by atoms with E-state index < -0.39 is 0 Å². The van der Waals surface area contributed by atoms with Crippen molar-refractivity contribution in [3.05, 3.63) is 34.9 Å². The number of hydrogen-bond acceptors (Lipinski definition) is 3. The summed E-state index contributed by atoms with van der Waals surface area (Å²) in [7, 11) is 0. The van der Waals surface area contributed by atoms with Gasteiger partial charge in [-0.2, -0.15) is 0 Å². The molecule has 4 heteroatoms. The summed E-state index contributed by atoms with van der Waals surface area (Å²) in [6, 6.07) is 9.32. The highest BCUT2D eigenvalue weighted by atomic mass is 35.5. The molecule has 1 aliphatic carbocycles. The number of nitrogens with zero attached hydrogens (tertiary/aromatic N) is 2. The zero-order valence-corrected chi connectivity index (χ0v) is 15.9. The predicted molar refractivity (Wildman–Crippen MR) is 101 cm³/mol. The van der Waals surface area contributed by atoms with Gasteiger partial charge in [0.05, 0.1) is 13.2 Å². The zero-order valence-electron chi connectivity index (χ0n) is 15.1. The van der Waals surface area contributed by atoms with Crippen LogP contribution in [0.3, 0.4) is 0 Å². The van der Waals surface area contributed by atoms with Gasteiger partial charge in [-0.3, -0.25) is 9.80 Å². The van der Waals surface area contributed by atoms with Crippen molar-refractivity contribution in [3.8, 4) is 0 Å². The third-order valence-corrected chi connectivity index (χ3v) is 6.35. The number of ether oxygens (including phenoxy) is 1. The largest absolute Gasteiger partial charge is 0.379 e. The molecule has 3 rings (SSSR count). The van der Waals surface area contributed by atoms with E-state index in [1.807, 2.05) is 0 Å². The van der Waals surface area contributed by atoms with E-state index in [1.165, 1.54) is 31.2 Å². The number of hydrogen-bond donors (Lipinski definition) is 0. The molecule has 0 aromatic heterocycles. The first kappa shape index (κ1) is 18.2. The molecule has 1 saturated carbocycles. The second kappa shape index (κ2) is 8.18. The Morgan fingerprint density at radius 2 is 1.67 bits per heavy atom. The molecule has 1 heterocycles. The molecule has 134 valence electrons. The molecule has 0 atom stereocenters. The quantitative estimate of drug-likeness (QED) is 0.793. The lowest BCUT2D eigenvalue weighted by atomic mass is 9.73. The molecule has 24 heavy (non-hydrogen) atoms. The Hall–Kier alpha value is -0.610. The van der Waals surface area contributed by atoms with Crippen molar-refractivity contribution in [2.75, 3.05) is 39.4 Å². The van der Waals surface area contributed by atoms with Crippen molar-refractivity contribution < 1.29 is 4.74 Å². The molecule has 2 aliphatic rings. The van der Waals surface area contributed by atoms with Crippen LogP contribution in [-0.4, -0.2) is 55.2 Å². The summed E-state index contributed by atoms with van der Waals surface area (Å²) in [6.07, 6.45) is 5.02. The van der Waals surface area contributed by atoms with Crippen molar-refractivity contribution in [3.63, 3.8) is 0 Å². The molecule has 1 aromatic rings. The summed E-state index contributed by atoms with van der Waals surface area (Å²) in [5, 5.41) is 0.829. The minimum absolute atomic E-state index is 0.177. The van der Waals surface area contributed by atoms with Crippen molar-refractivity contribution in [2.45, 2.75) is 51.1 Å². The van der Waals surface area contributed by atoms with E-state index in [1.54, 1.807) is 0 Å². The highest BCUT2D eigenvalue weighted by Crippen LogP contribution is 2.43. The van der Waals surface area contributed by atoms with Crippen LogP contribution in [0.25, 0.3) is 0 Å². The van der Waals surface area contributed by atoms with Crippen LogP contribution in [0.1, 0.15) is 45.1 Å². The molecule has 1 saturated heterocycles. The Morgan fingerprint density at radius 1 is 1.08 bits per heavy atom. The first-order chi connectivity index (χ1) is 11.7.